The molecule has 0 atom stereocenters. The van der Waals surface area contributed by atoms with Gasteiger partial charge >= 0.3 is 6.64 Å². The number of hydrogen-bond donors (Lipinski definition) is 0. The van der Waals surface area contributed by atoms with Gasteiger partial charge in [-0.25, -0.2) is 8.78 Å². The second-order valence-corrected chi connectivity index (χ2v) is 6.60. The fourth-order valence-corrected chi connectivity index (χ4v) is 2.96. The Balaban J connectivity index is 2.23. The summed E-state index contributed by atoms with van der Waals surface area (Å²) in [6.07, 6.45) is 0. The van der Waals surface area contributed by atoms with Crippen LogP contribution in [0.1, 0.15) is 0 Å². The molecule has 0 radical (unpaired) electrons. The monoisotopic (exact) mass is 327 g/mol. The number of nitrogens with zero attached hydrogens (tertiary/aromatic N) is 3. The number of rotatable bonds is 5. The zero-order valence-electron chi connectivity index (χ0n) is 10.4. The lowest BCUT2D eigenvalue weighted by Crippen LogP contribution is -1.98. The molecule has 0 amide bonds. The van der Waals surface area contributed by atoms with Gasteiger partial charge in [0.15, 0.2) is 0 Å². The van der Waals surface area contributed by atoms with Crippen molar-refractivity contribution < 1.29 is 17.8 Å². The van der Waals surface area contributed by atoms with E-state index in [1.54, 1.807) is 0 Å². The van der Waals surface area contributed by atoms with Crippen molar-refractivity contribution in [2.75, 3.05) is 0 Å². The molecule has 0 aliphatic heterocycles. The van der Waals surface area contributed by atoms with Crippen molar-refractivity contribution in [3.63, 3.8) is 0 Å². The average Bonchev–Trinajstić information content (AvgIpc) is 2.44. The minimum absolute atomic E-state index is 0.203. The second kappa shape index (κ2) is 6.54. The van der Waals surface area contributed by atoms with Gasteiger partial charge < -0.3 is 9.05 Å². The standard InChI is InChI=1S/C12H8F2N3O2PS/c13-9-1-5-11(6-2-9)18-20(21,17-16-15)19-12-7-3-10(14)4-8-12/h1-8H. The van der Waals surface area contributed by atoms with Crippen LogP contribution in [0, 0.1) is 11.6 Å². The Labute approximate surface area is 124 Å². The van der Waals surface area contributed by atoms with E-state index in [1.165, 1.54) is 48.5 Å². The van der Waals surface area contributed by atoms with Crippen molar-refractivity contribution in [3.8, 4) is 11.5 Å². The summed E-state index contributed by atoms with van der Waals surface area (Å²) in [6, 6.07) is 10.0. The van der Waals surface area contributed by atoms with Crippen molar-refractivity contribution in [2.45, 2.75) is 0 Å². The van der Waals surface area contributed by atoms with E-state index >= 15 is 0 Å². The van der Waals surface area contributed by atoms with E-state index in [2.05, 4.69) is 9.80 Å². The van der Waals surface area contributed by atoms with Crippen molar-refractivity contribution in [2.24, 2.45) is 4.88 Å². The normalized spacial score (nSPS) is 10.6. The smallest absolute Gasteiger partial charge is 0.379 e. The zero-order valence-corrected chi connectivity index (χ0v) is 12.1. The van der Waals surface area contributed by atoms with E-state index in [4.69, 9.17) is 26.4 Å². The molecule has 0 aromatic heterocycles. The summed E-state index contributed by atoms with van der Waals surface area (Å²) in [4.78, 5) is 5.97. The number of halogens is 2. The Bertz CT molecular complexity index is 667. The molecule has 0 aliphatic carbocycles. The van der Waals surface area contributed by atoms with Gasteiger partial charge in [-0.3, -0.25) is 0 Å². The Morgan fingerprint density at radius 2 is 1.29 bits per heavy atom. The summed E-state index contributed by atoms with van der Waals surface area (Å²) in [6.45, 7) is -3.40. The zero-order chi connectivity index (χ0) is 15.3. The van der Waals surface area contributed by atoms with E-state index < -0.39 is 18.3 Å². The first-order valence-electron chi connectivity index (χ1n) is 5.58. The van der Waals surface area contributed by atoms with Crippen LogP contribution in [0.3, 0.4) is 0 Å². The third kappa shape index (κ3) is 4.43. The highest BCUT2D eigenvalue weighted by Crippen LogP contribution is 2.50. The third-order valence-electron chi connectivity index (χ3n) is 2.22. The predicted molar refractivity (Wildman–Crippen MR) is 77.5 cm³/mol. The molecular weight excluding hydrogens is 319 g/mol. The summed E-state index contributed by atoms with van der Waals surface area (Å²) in [5.74, 6) is -0.485. The number of hydrogen-bond acceptors (Lipinski definition) is 3. The Morgan fingerprint density at radius 1 is 0.905 bits per heavy atom. The van der Waals surface area contributed by atoms with Crippen LogP contribution in [-0.4, -0.2) is 0 Å². The minimum Gasteiger partial charge on any atom is -0.431 e. The fourth-order valence-electron chi connectivity index (χ4n) is 1.36. The van der Waals surface area contributed by atoms with Crippen molar-refractivity contribution in [1.29, 1.82) is 0 Å². The summed E-state index contributed by atoms with van der Waals surface area (Å²) in [7, 11) is 0. The summed E-state index contributed by atoms with van der Waals surface area (Å²) in [5, 5.41) is 0. The maximum atomic E-state index is 12.8. The second-order valence-electron chi connectivity index (χ2n) is 3.74. The largest absolute Gasteiger partial charge is 0.431 e. The molecule has 108 valence electrons. The molecule has 2 aromatic carbocycles. The summed E-state index contributed by atoms with van der Waals surface area (Å²) in [5.41, 5.74) is 8.59. The van der Waals surface area contributed by atoms with E-state index in [-0.39, 0.29) is 11.5 Å². The van der Waals surface area contributed by atoms with Gasteiger partial charge in [0.2, 0.25) is 0 Å². The maximum absolute atomic E-state index is 12.8. The first-order valence-corrected chi connectivity index (χ1v) is 8.17. The lowest BCUT2D eigenvalue weighted by atomic mass is 10.3. The van der Waals surface area contributed by atoms with Crippen molar-refractivity contribution >= 4 is 18.4 Å². The van der Waals surface area contributed by atoms with Gasteiger partial charge in [-0.1, -0.05) is 0 Å². The highest BCUT2D eigenvalue weighted by molar-refractivity contribution is 8.09. The molecule has 9 heteroatoms. The van der Waals surface area contributed by atoms with Gasteiger partial charge in [0.1, 0.15) is 23.1 Å². The fraction of sp³-hybridized carbons (Fsp3) is 0. The van der Waals surface area contributed by atoms with E-state index in [9.17, 15) is 8.78 Å². The number of azide groups is 1. The van der Waals surface area contributed by atoms with Crippen LogP contribution in [-0.2, 0) is 11.8 Å². The highest BCUT2D eigenvalue weighted by atomic mass is 32.5. The molecule has 21 heavy (non-hydrogen) atoms. The van der Waals surface area contributed by atoms with Crippen LogP contribution in [0.25, 0.3) is 10.4 Å². The van der Waals surface area contributed by atoms with Crippen LogP contribution >= 0.6 is 6.64 Å². The Kier molecular flexibility index (Phi) is 4.75. The van der Waals surface area contributed by atoms with E-state index in [0.29, 0.717) is 0 Å². The van der Waals surface area contributed by atoms with Gasteiger partial charge in [-0.15, -0.1) is 0 Å². The predicted octanol–water partition coefficient (Wildman–Crippen LogP) is 4.96. The molecule has 0 bridgehead atoms. The quantitative estimate of drug-likeness (QED) is 0.337. The molecule has 0 spiro atoms. The van der Waals surface area contributed by atoms with Crippen LogP contribution < -0.4 is 9.05 Å². The molecule has 0 saturated heterocycles. The van der Waals surface area contributed by atoms with Crippen LogP contribution in [0.4, 0.5) is 8.78 Å². The molecule has 2 aromatic rings. The highest BCUT2D eigenvalue weighted by Gasteiger charge is 2.21. The number of benzene rings is 2. The van der Waals surface area contributed by atoms with Crippen LogP contribution in [0.2, 0.25) is 0 Å². The van der Waals surface area contributed by atoms with E-state index in [0.717, 1.165) is 0 Å². The van der Waals surface area contributed by atoms with E-state index in [1.807, 2.05) is 0 Å². The first kappa shape index (κ1) is 15.3. The summed E-state index contributed by atoms with van der Waals surface area (Å²) >= 11 is 5.09. The third-order valence-corrected chi connectivity index (χ3v) is 4.07. The molecule has 0 saturated carbocycles. The van der Waals surface area contributed by atoms with Gasteiger partial charge in [-0.05, 0) is 65.9 Å². The molecular formula is C12H8F2N3O2PS. The topological polar surface area (TPSA) is 67.2 Å². The summed E-state index contributed by atoms with van der Waals surface area (Å²) < 4.78 is 36.4. The van der Waals surface area contributed by atoms with Crippen LogP contribution in [0.5, 0.6) is 11.5 Å². The lowest BCUT2D eigenvalue weighted by molar-refractivity contribution is 0.485. The van der Waals surface area contributed by atoms with Crippen molar-refractivity contribution in [3.05, 3.63) is 70.6 Å². The maximum Gasteiger partial charge on any atom is 0.379 e. The molecule has 0 aliphatic rings. The Hall–Kier alpha value is -2.14. The molecule has 0 fully saturated rings. The lowest BCUT2D eigenvalue weighted by Gasteiger charge is -2.18. The molecule has 2 rings (SSSR count). The van der Waals surface area contributed by atoms with Gasteiger partial charge in [0.05, 0.1) is 0 Å². The Morgan fingerprint density at radius 3 is 1.62 bits per heavy atom. The van der Waals surface area contributed by atoms with Gasteiger partial charge in [0, 0.05) is 9.80 Å². The van der Waals surface area contributed by atoms with Crippen molar-refractivity contribution in [1.82, 2.24) is 0 Å². The first-order chi connectivity index (χ1) is 10.0. The SMILES string of the molecule is [N-]=[N+]=NP(=S)(Oc1ccc(F)cc1)Oc1ccc(F)cc1. The molecule has 5 nitrogen and oxygen atoms in total. The van der Waals surface area contributed by atoms with Gasteiger partial charge in [-0.2, -0.15) is 0 Å². The molecule has 0 heterocycles. The van der Waals surface area contributed by atoms with Gasteiger partial charge in [0.25, 0.3) is 0 Å². The molecule has 0 N–H and O–H groups in total. The average molecular weight is 327 g/mol. The van der Waals surface area contributed by atoms with Crippen LogP contribution in [0.15, 0.2) is 53.4 Å². The molecule has 0 unspecified atom stereocenters. The minimum atomic E-state index is -3.40.